The van der Waals surface area contributed by atoms with Crippen LogP contribution < -0.4 is 4.90 Å². The molecule has 23 heavy (non-hydrogen) atoms. The normalized spacial score (nSPS) is 15.7. The summed E-state index contributed by atoms with van der Waals surface area (Å²) in [5.41, 5.74) is 0.467. The van der Waals surface area contributed by atoms with E-state index < -0.39 is 6.09 Å². The van der Waals surface area contributed by atoms with Crippen molar-refractivity contribution in [2.45, 2.75) is 26.8 Å². The van der Waals surface area contributed by atoms with Crippen LogP contribution in [-0.4, -0.2) is 66.8 Å². The Labute approximate surface area is 141 Å². The molecule has 0 radical (unpaired) electrons. The first kappa shape index (κ1) is 15.9. The Hall–Kier alpha value is -1.97. The van der Waals surface area contributed by atoms with Crippen molar-refractivity contribution in [1.29, 1.82) is 0 Å². The van der Waals surface area contributed by atoms with Gasteiger partial charge in [-0.3, -0.25) is 0 Å². The lowest BCUT2D eigenvalue weighted by Crippen LogP contribution is -2.62. The SMILES string of the molecule is CC(C)(C)CN(C(=O)O)C1CN(c2ncc(Br)n3nnnc23)C1. The van der Waals surface area contributed by atoms with Gasteiger partial charge in [0, 0.05) is 19.6 Å². The topological polar surface area (TPSA) is 99.8 Å². The van der Waals surface area contributed by atoms with Crippen LogP contribution in [0.5, 0.6) is 0 Å². The Morgan fingerprint density at radius 2 is 2.17 bits per heavy atom. The zero-order chi connectivity index (χ0) is 16.8. The van der Waals surface area contributed by atoms with Crippen molar-refractivity contribution in [2.75, 3.05) is 24.5 Å². The molecule has 3 rings (SSSR count). The van der Waals surface area contributed by atoms with Gasteiger partial charge in [0.25, 0.3) is 0 Å². The predicted octanol–water partition coefficient (Wildman–Crippen LogP) is 1.50. The van der Waals surface area contributed by atoms with E-state index in [4.69, 9.17) is 0 Å². The third-order valence-electron chi connectivity index (χ3n) is 3.66. The van der Waals surface area contributed by atoms with E-state index in [0.717, 1.165) is 0 Å². The highest BCUT2D eigenvalue weighted by Gasteiger charge is 2.38. The molecule has 124 valence electrons. The van der Waals surface area contributed by atoms with E-state index in [9.17, 15) is 9.90 Å². The molecule has 0 unspecified atom stereocenters. The lowest BCUT2D eigenvalue weighted by Gasteiger charge is -2.46. The van der Waals surface area contributed by atoms with Crippen molar-refractivity contribution in [2.24, 2.45) is 5.41 Å². The van der Waals surface area contributed by atoms with Crippen LogP contribution in [0, 0.1) is 5.41 Å². The number of rotatable bonds is 3. The lowest BCUT2D eigenvalue weighted by molar-refractivity contribution is 0.0921. The summed E-state index contributed by atoms with van der Waals surface area (Å²) >= 11 is 3.34. The molecule has 10 heteroatoms. The monoisotopic (exact) mass is 383 g/mol. The summed E-state index contributed by atoms with van der Waals surface area (Å²) in [6, 6.07) is -0.0481. The summed E-state index contributed by atoms with van der Waals surface area (Å²) in [6.45, 7) is 7.75. The van der Waals surface area contributed by atoms with Crippen LogP contribution in [0.4, 0.5) is 10.6 Å². The number of halogens is 1. The average Bonchev–Trinajstić information content (AvgIpc) is 2.87. The molecule has 0 atom stereocenters. The first-order chi connectivity index (χ1) is 10.8. The number of fused-ring (bicyclic) bond motifs is 1. The summed E-state index contributed by atoms with van der Waals surface area (Å²) < 4.78 is 2.22. The third kappa shape index (κ3) is 3.07. The number of anilines is 1. The van der Waals surface area contributed by atoms with E-state index in [-0.39, 0.29) is 11.5 Å². The van der Waals surface area contributed by atoms with Gasteiger partial charge in [-0.1, -0.05) is 20.8 Å². The second-order valence-corrected chi connectivity index (χ2v) is 7.66. The van der Waals surface area contributed by atoms with Gasteiger partial charge in [0.05, 0.1) is 12.2 Å². The van der Waals surface area contributed by atoms with E-state index in [0.29, 0.717) is 35.7 Å². The number of nitrogens with zero attached hydrogens (tertiary/aromatic N) is 7. The number of aromatic nitrogens is 5. The maximum absolute atomic E-state index is 11.5. The van der Waals surface area contributed by atoms with Gasteiger partial charge < -0.3 is 14.9 Å². The highest BCUT2D eigenvalue weighted by molar-refractivity contribution is 9.10. The molecular formula is C13H18BrN7O2. The zero-order valence-electron chi connectivity index (χ0n) is 13.1. The first-order valence-electron chi connectivity index (χ1n) is 7.23. The van der Waals surface area contributed by atoms with Gasteiger partial charge >= 0.3 is 6.09 Å². The summed E-state index contributed by atoms with van der Waals surface area (Å²) in [4.78, 5) is 19.4. The van der Waals surface area contributed by atoms with Crippen molar-refractivity contribution in [3.05, 3.63) is 10.8 Å². The summed E-state index contributed by atoms with van der Waals surface area (Å²) in [7, 11) is 0. The fraction of sp³-hybridized carbons (Fsp3) is 0.615. The van der Waals surface area contributed by atoms with E-state index in [1.807, 2.05) is 25.7 Å². The first-order valence-corrected chi connectivity index (χ1v) is 8.03. The Morgan fingerprint density at radius 3 is 2.78 bits per heavy atom. The molecular weight excluding hydrogens is 366 g/mol. The van der Waals surface area contributed by atoms with Crippen molar-refractivity contribution in [1.82, 2.24) is 29.9 Å². The van der Waals surface area contributed by atoms with E-state index >= 15 is 0 Å². The largest absolute Gasteiger partial charge is 0.465 e. The minimum atomic E-state index is -0.886. The fourth-order valence-electron chi connectivity index (χ4n) is 2.61. The Bertz CT molecular complexity index is 735. The minimum absolute atomic E-state index is 0.0481. The standard InChI is InChI=1S/C13H18BrN7O2/c1-13(2,3)7-20(12(22)23)8-5-19(6-8)10-11-16-17-18-21(11)9(14)4-15-10/h4,8H,5-7H2,1-3H3,(H,22,23). The van der Waals surface area contributed by atoms with Crippen LogP contribution in [-0.2, 0) is 0 Å². The number of tetrazole rings is 1. The molecule has 3 heterocycles. The molecule has 0 bridgehead atoms. The maximum atomic E-state index is 11.5. The minimum Gasteiger partial charge on any atom is -0.465 e. The Balaban J connectivity index is 1.76. The molecule has 2 aromatic heterocycles. The smallest absolute Gasteiger partial charge is 0.407 e. The molecule has 1 aliphatic rings. The summed E-state index contributed by atoms with van der Waals surface area (Å²) in [5.74, 6) is 0.663. The van der Waals surface area contributed by atoms with Crippen molar-refractivity contribution in [3.8, 4) is 0 Å². The average molecular weight is 384 g/mol. The summed E-state index contributed by atoms with van der Waals surface area (Å²) in [5, 5.41) is 21.0. The maximum Gasteiger partial charge on any atom is 0.407 e. The second kappa shape index (κ2) is 5.59. The van der Waals surface area contributed by atoms with Gasteiger partial charge in [0.15, 0.2) is 5.82 Å². The van der Waals surface area contributed by atoms with Gasteiger partial charge in [0.1, 0.15) is 4.60 Å². The fourth-order valence-corrected chi connectivity index (χ4v) is 2.95. The third-order valence-corrected chi connectivity index (χ3v) is 4.20. The molecule has 0 aliphatic carbocycles. The Morgan fingerprint density at radius 1 is 1.48 bits per heavy atom. The molecule has 9 nitrogen and oxygen atoms in total. The van der Waals surface area contributed by atoms with Crippen LogP contribution in [0.15, 0.2) is 10.8 Å². The van der Waals surface area contributed by atoms with Crippen molar-refractivity contribution < 1.29 is 9.90 Å². The van der Waals surface area contributed by atoms with Crippen LogP contribution in [0.2, 0.25) is 0 Å². The zero-order valence-corrected chi connectivity index (χ0v) is 14.7. The molecule has 2 aromatic rings. The molecule has 1 fully saturated rings. The van der Waals surface area contributed by atoms with Gasteiger partial charge in [0.2, 0.25) is 5.65 Å². The van der Waals surface area contributed by atoms with Crippen LogP contribution in [0.25, 0.3) is 5.65 Å². The quantitative estimate of drug-likeness (QED) is 0.856. The van der Waals surface area contributed by atoms with E-state index in [2.05, 4.69) is 36.4 Å². The molecule has 0 aromatic carbocycles. The van der Waals surface area contributed by atoms with E-state index in [1.165, 1.54) is 4.90 Å². The van der Waals surface area contributed by atoms with Crippen molar-refractivity contribution in [3.63, 3.8) is 0 Å². The molecule has 1 amide bonds. The highest BCUT2D eigenvalue weighted by atomic mass is 79.9. The molecule has 0 spiro atoms. The number of carboxylic acid groups (broad SMARTS) is 1. The van der Waals surface area contributed by atoms with Gasteiger partial charge in [-0.05, 0) is 31.8 Å². The van der Waals surface area contributed by atoms with Crippen LogP contribution in [0.3, 0.4) is 0 Å². The lowest BCUT2D eigenvalue weighted by atomic mass is 9.94. The summed E-state index contributed by atoms with van der Waals surface area (Å²) in [6.07, 6.45) is 0.749. The second-order valence-electron chi connectivity index (χ2n) is 6.85. The molecule has 1 N–H and O–H groups in total. The van der Waals surface area contributed by atoms with Gasteiger partial charge in [-0.2, -0.15) is 4.52 Å². The van der Waals surface area contributed by atoms with Gasteiger partial charge in [-0.25, -0.2) is 9.78 Å². The molecule has 0 saturated carbocycles. The van der Waals surface area contributed by atoms with Crippen molar-refractivity contribution >= 4 is 33.5 Å². The number of hydrogen-bond acceptors (Lipinski definition) is 6. The number of carbonyl (C=O) groups is 1. The number of hydrogen-bond donors (Lipinski definition) is 1. The molecule has 1 aliphatic heterocycles. The van der Waals surface area contributed by atoms with Crippen LogP contribution >= 0.6 is 15.9 Å². The van der Waals surface area contributed by atoms with Crippen LogP contribution in [0.1, 0.15) is 20.8 Å². The Kier molecular flexibility index (Phi) is 3.86. The highest BCUT2D eigenvalue weighted by Crippen LogP contribution is 2.28. The van der Waals surface area contributed by atoms with Gasteiger partial charge in [-0.15, -0.1) is 5.10 Å². The predicted molar refractivity (Wildman–Crippen MR) is 86.5 cm³/mol. The number of amides is 1. The molecule has 1 saturated heterocycles. The van der Waals surface area contributed by atoms with E-state index in [1.54, 1.807) is 10.7 Å².